The average molecular weight is 925 g/mol. The zero-order chi connectivity index (χ0) is 40.9. The molecule has 336 valence electrons. The van der Waals surface area contributed by atoms with Crippen molar-refractivity contribution in [2.24, 2.45) is 16.8 Å². The topological polar surface area (TPSA) is 167 Å². The number of H-pyrrole nitrogens is 2. The van der Waals surface area contributed by atoms with E-state index in [0.29, 0.717) is 13.1 Å². The van der Waals surface area contributed by atoms with E-state index in [0.717, 1.165) is 81.9 Å². The monoisotopic (exact) mass is 924 g/mol. The van der Waals surface area contributed by atoms with Crippen molar-refractivity contribution in [3.8, 4) is 33.5 Å². The standard InChI is InChI=1S/C44H52N8O6.4H2S/c1-26(2)38(46-25-58-57-6)42(53)51-21-7-9-36(51)40-45-24-35(49-40)31-17-15-29(16-18-31)28-11-13-30(14-12-28)32-19-20-33-34(23-32)48-41(47-33)37-10-8-22-52(37)43(54)39(27(3)4)50-44(55)56-5;;;;/h11-20,23-27,36-39H,7-10,21-22H2,1-6H3,(H,45,49)(H,47,48)(H,50,55);4*1H2/t36-,37-,38-,39-;;;;/m0..../s1. The van der Waals surface area contributed by atoms with E-state index in [1.54, 1.807) is 0 Å². The summed E-state index contributed by atoms with van der Waals surface area (Å²) in [7, 11) is 2.69. The summed E-state index contributed by atoms with van der Waals surface area (Å²) in [6.07, 6.45) is 5.76. The molecule has 4 heterocycles. The number of fused-ring (bicyclic) bond motifs is 1. The fourth-order valence-corrected chi connectivity index (χ4v) is 8.05. The zero-order valence-corrected chi connectivity index (χ0v) is 39.9. The Morgan fingerprint density at radius 3 is 1.85 bits per heavy atom. The van der Waals surface area contributed by atoms with Gasteiger partial charge >= 0.3 is 6.09 Å². The Balaban J connectivity index is 0.00000256. The Hall–Kier alpha value is -4.62. The van der Waals surface area contributed by atoms with Gasteiger partial charge in [0.05, 0.1) is 49.2 Å². The normalized spacial score (nSPS) is 16.9. The molecule has 0 saturated carbocycles. The van der Waals surface area contributed by atoms with Crippen LogP contribution in [0.1, 0.15) is 77.1 Å². The molecule has 0 unspecified atom stereocenters. The van der Waals surface area contributed by atoms with Crippen LogP contribution < -0.4 is 5.32 Å². The van der Waals surface area contributed by atoms with Gasteiger partial charge in [0.2, 0.25) is 18.2 Å². The second-order valence-corrected chi connectivity index (χ2v) is 15.6. The molecule has 2 aromatic heterocycles. The molecule has 3 aromatic carbocycles. The van der Waals surface area contributed by atoms with E-state index in [1.807, 2.05) is 49.8 Å². The number of hydrogen-bond acceptors (Lipinski definition) is 9. The van der Waals surface area contributed by atoms with Crippen LogP contribution in [0.3, 0.4) is 0 Å². The van der Waals surface area contributed by atoms with E-state index in [2.05, 4.69) is 85.8 Å². The Bertz CT molecular complexity index is 2270. The smallest absolute Gasteiger partial charge is 0.407 e. The Morgan fingerprint density at radius 1 is 0.742 bits per heavy atom. The molecule has 2 saturated heterocycles. The maximum atomic E-state index is 13.6. The molecule has 3 N–H and O–H groups in total. The first-order valence-electron chi connectivity index (χ1n) is 20.0. The van der Waals surface area contributed by atoms with Gasteiger partial charge in [0.1, 0.15) is 23.7 Å². The minimum atomic E-state index is -0.685. The van der Waals surface area contributed by atoms with Crippen LogP contribution in [0, 0.1) is 11.8 Å². The van der Waals surface area contributed by atoms with Crippen LogP contribution in [0.2, 0.25) is 0 Å². The number of amides is 3. The van der Waals surface area contributed by atoms with Crippen molar-refractivity contribution in [3.63, 3.8) is 0 Å². The van der Waals surface area contributed by atoms with E-state index in [-0.39, 0.29) is 89.7 Å². The molecule has 62 heavy (non-hydrogen) atoms. The maximum absolute atomic E-state index is 13.6. The van der Waals surface area contributed by atoms with Gasteiger partial charge in [-0.25, -0.2) is 19.8 Å². The number of imidazole rings is 2. The molecule has 7 rings (SSSR count). The summed E-state index contributed by atoms with van der Waals surface area (Å²) >= 11 is 0. The van der Waals surface area contributed by atoms with Gasteiger partial charge < -0.3 is 34.7 Å². The lowest BCUT2D eigenvalue weighted by atomic mass is 9.99. The van der Waals surface area contributed by atoms with Crippen molar-refractivity contribution in [2.75, 3.05) is 27.3 Å². The van der Waals surface area contributed by atoms with Crippen LogP contribution >= 0.6 is 54.0 Å². The SMILES string of the molecule is COOC=N[C@H](C(=O)N1CCC[C@H]1c1ncc(-c2ccc(-c3ccc(-c4ccc5nc([C@@H]6CCCN6C(=O)[C@@H](NC(=O)OC)C(C)C)[nH]c5c4)cc3)cc2)[nH]1)C(C)C.S.S.S.S. The van der Waals surface area contributed by atoms with Crippen LogP contribution in [0.25, 0.3) is 44.5 Å². The maximum Gasteiger partial charge on any atom is 0.407 e. The highest BCUT2D eigenvalue weighted by Crippen LogP contribution is 2.36. The highest BCUT2D eigenvalue weighted by atomic mass is 32.1. The van der Waals surface area contributed by atoms with Crippen molar-refractivity contribution < 1.29 is 28.9 Å². The fraction of sp³-hybridized carbons (Fsp3) is 0.409. The molecule has 0 bridgehead atoms. The summed E-state index contributed by atoms with van der Waals surface area (Å²) in [5.41, 5.74) is 7.94. The van der Waals surface area contributed by atoms with Gasteiger partial charge in [-0.05, 0) is 77.5 Å². The van der Waals surface area contributed by atoms with Crippen molar-refractivity contribution in [1.29, 1.82) is 0 Å². The van der Waals surface area contributed by atoms with Crippen molar-refractivity contribution in [3.05, 3.63) is 84.6 Å². The lowest BCUT2D eigenvalue weighted by Gasteiger charge is -2.29. The first-order chi connectivity index (χ1) is 28.1. The van der Waals surface area contributed by atoms with Crippen LogP contribution in [-0.4, -0.2) is 93.4 Å². The number of nitrogens with zero attached hydrogens (tertiary/aromatic N) is 5. The van der Waals surface area contributed by atoms with E-state index >= 15 is 0 Å². The van der Waals surface area contributed by atoms with Gasteiger partial charge in [-0.2, -0.15) is 58.9 Å². The third-order valence-electron chi connectivity index (χ3n) is 11.2. The number of rotatable bonds is 13. The number of benzene rings is 3. The van der Waals surface area contributed by atoms with E-state index < -0.39 is 18.2 Å². The number of likely N-dealkylation sites (tertiary alicyclic amines) is 2. The Morgan fingerprint density at radius 2 is 1.29 bits per heavy atom. The first-order valence-corrected chi connectivity index (χ1v) is 20.0. The highest BCUT2D eigenvalue weighted by molar-refractivity contribution is 7.59. The molecule has 0 radical (unpaired) electrons. The molecule has 18 heteroatoms. The van der Waals surface area contributed by atoms with E-state index in [9.17, 15) is 14.4 Å². The molecule has 0 spiro atoms. The van der Waals surface area contributed by atoms with Gasteiger partial charge in [0.25, 0.3) is 0 Å². The van der Waals surface area contributed by atoms with Gasteiger partial charge in [-0.3, -0.25) is 9.59 Å². The summed E-state index contributed by atoms with van der Waals surface area (Å²) in [6.45, 7) is 9.00. The van der Waals surface area contributed by atoms with Crippen LogP contribution in [0.5, 0.6) is 0 Å². The number of alkyl carbamates (subject to hydrolysis) is 1. The van der Waals surface area contributed by atoms with E-state index in [4.69, 9.17) is 19.6 Å². The van der Waals surface area contributed by atoms with Crippen LogP contribution in [0.15, 0.2) is 77.9 Å². The van der Waals surface area contributed by atoms with Gasteiger partial charge in [0.15, 0.2) is 0 Å². The second kappa shape index (κ2) is 23.2. The largest absolute Gasteiger partial charge is 0.453 e. The zero-order valence-electron chi connectivity index (χ0n) is 35.9. The minimum absolute atomic E-state index is 0. The predicted octanol–water partition coefficient (Wildman–Crippen LogP) is 8.08. The summed E-state index contributed by atoms with van der Waals surface area (Å²) in [4.78, 5) is 73.2. The predicted molar refractivity (Wildman–Crippen MR) is 263 cm³/mol. The van der Waals surface area contributed by atoms with E-state index in [1.165, 1.54) is 20.6 Å². The number of ether oxygens (including phenoxy) is 1. The van der Waals surface area contributed by atoms with Gasteiger partial charge in [-0.15, -0.1) is 0 Å². The molecule has 4 atom stereocenters. The number of hydrogen-bond donors (Lipinski definition) is 3. The number of carbonyl (C=O) groups excluding carboxylic acids is 3. The molecule has 2 aliphatic heterocycles. The molecule has 3 amide bonds. The number of aliphatic imine (C=N–C) groups is 1. The number of aromatic nitrogens is 4. The number of aromatic amines is 2. The van der Waals surface area contributed by atoms with Crippen molar-refractivity contribution >= 4 is 89.3 Å². The molecule has 14 nitrogen and oxygen atoms in total. The highest BCUT2D eigenvalue weighted by Gasteiger charge is 2.38. The fourth-order valence-electron chi connectivity index (χ4n) is 8.05. The Labute approximate surface area is 391 Å². The lowest BCUT2D eigenvalue weighted by Crippen LogP contribution is -2.51. The van der Waals surface area contributed by atoms with Crippen molar-refractivity contribution in [1.82, 2.24) is 35.1 Å². The molecular formula is C44H60N8O6S4. The average Bonchev–Trinajstić information content (AvgIpc) is 4.07. The third kappa shape index (κ3) is 11.3. The third-order valence-corrected chi connectivity index (χ3v) is 11.2. The Kier molecular flexibility index (Phi) is 19.3. The summed E-state index contributed by atoms with van der Waals surface area (Å²) < 4.78 is 4.77. The van der Waals surface area contributed by atoms with Crippen LogP contribution in [-0.2, 0) is 24.1 Å². The summed E-state index contributed by atoms with van der Waals surface area (Å²) in [5.74, 6) is 1.22. The summed E-state index contributed by atoms with van der Waals surface area (Å²) in [6, 6.07) is 21.4. The quantitative estimate of drug-likeness (QED) is 0.0462. The molecule has 2 fully saturated rings. The minimum Gasteiger partial charge on any atom is -0.453 e. The summed E-state index contributed by atoms with van der Waals surface area (Å²) in [5, 5.41) is 2.71. The van der Waals surface area contributed by atoms with Crippen molar-refractivity contribution in [2.45, 2.75) is 77.5 Å². The molecular weight excluding hydrogens is 865 g/mol. The molecule has 0 aliphatic carbocycles. The number of carbonyl (C=O) groups is 3. The van der Waals surface area contributed by atoms with Gasteiger partial charge in [-0.1, -0.05) is 82.3 Å². The number of nitrogens with one attached hydrogen (secondary N) is 3. The first kappa shape index (κ1) is 51.7. The number of methoxy groups -OCH3 is 1. The molecule has 5 aromatic rings. The molecule has 2 aliphatic rings. The lowest BCUT2D eigenvalue weighted by molar-refractivity contribution is -0.188. The second-order valence-electron chi connectivity index (χ2n) is 15.6. The van der Waals surface area contributed by atoms with Gasteiger partial charge in [0, 0.05) is 13.1 Å². The van der Waals surface area contributed by atoms with Crippen LogP contribution in [0.4, 0.5) is 4.79 Å².